The summed E-state index contributed by atoms with van der Waals surface area (Å²) in [6.07, 6.45) is 0.982. The predicted octanol–water partition coefficient (Wildman–Crippen LogP) is 2.65. The van der Waals surface area contributed by atoms with Crippen molar-refractivity contribution in [1.29, 1.82) is 0 Å². The topological polar surface area (TPSA) is 67.8 Å². The molecule has 0 radical (unpaired) electrons. The van der Waals surface area contributed by atoms with Gasteiger partial charge in [0, 0.05) is 39.3 Å². The van der Waals surface area contributed by atoms with Crippen molar-refractivity contribution in [1.82, 2.24) is 9.80 Å². The van der Waals surface area contributed by atoms with E-state index in [2.05, 4.69) is 48.4 Å². The zero-order valence-electron chi connectivity index (χ0n) is 16.4. The highest BCUT2D eigenvalue weighted by Gasteiger charge is 2.17. The van der Waals surface area contributed by atoms with Crippen LogP contribution in [-0.4, -0.2) is 73.2 Å². The van der Waals surface area contributed by atoms with Crippen molar-refractivity contribution in [3.63, 3.8) is 0 Å². The van der Waals surface area contributed by atoms with Gasteiger partial charge in [0.05, 0.1) is 17.9 Å². The maximum absolute atomic E-state index is 11.2. The molecular formula is C20H34N4O2. The first-order valence-corrected chi connectivity index (χ1v) is 9.57. The third-order valence-electron chi connectivity index (χ3n) is 4.42. The van der Waals surface area contributed by atoms with Gasteiger partial charge < -0.3 is 20.6 Å². The monoisotopic (exact) mass is 362 g/mol. The van der Waals surface area contributed by atoms with Gasteiger partial charge in [0.2, 0.25) is 0 Å². The zero-order chi connectivity index (χ0) is 19.0. The fraction of sp³-hybridized carbons (Fsp3) is 0.650. The molecular weight excluding hydrogens is 328 g/mol. The first-order chi connectivity index (χ1) is 12.3. The summed E-state index contributed by atoms with van der Waals surface area (Å²) in [6, 6.07) is 8.21. The number of rotatable bonds is 3. The van der Waals surface area contributed by atoms with E-state index in [4.69, 9.17) is 0 Å². The molecule has 6 nitrogen and oxygen atoms in total. The lowest BCUT2D eigenvalue weighted by molar-refractivity contribution is -0.138. The van der Waals surface area contributed by atoms with Crippen LogP contribution in [0.4, 0.5) is 11.4 Å². The van der Waals surface area contributed by atoms with Crippen LogP contribution in [0.2, 0.25) is 0 Å². The van der Waals surface area contributed by atoms with Gasteiger partial charge in [-0.15, -0.1) is 0 Å². The highest BCUT2D eigenvalue weighted by molar-refractivity contribution is 5.69. The van der Waals surface area contributed by atoms with Crippen molar-refractivity contribution in [2.45, 2.75) is 27.2 Å². The minimum atomic E-state index is -0.761. The van der Waals surface area contributed by atoms with Crippen LogP contribution in [0.15, 0.2) is 24.3 Å². The molecule has 0 atom stereocenters. The molecule has 0 saturated heterocycles. The number of aliphatic carboxylic acids is 1. The summed E-state index contributed by atoms with van der Waals surface area (Å²) in [4.78, 5) is 15.7. The summed E-state index contributed by atoms with van der Waals surface area (Å²) >= 11 is 0. The van der Waals surface area contributed by atoms with Gasteiger partial charge in [0.1, 0.15) is 0 Å². The Balaban J connectivity index is 2.09. The van der Waals surface area contributed by atoms with Gasteiger partial charge in [0.25, 0.3) is 0 Å². The second-order valence-electron chi connectivity index (χ2n) is 8.26. The molecule has 0 bridgehead atoms. The van der Waals surface area contributed by atoms with E-state index in [-0.39, 0.29) is 12.0 Å². The molecule has 0 saturated carbocycles. The van der Waals surface area contributed by atoms with E-state index in [0.29, 0.717) is 0 Å². The van der Waals surface area contributed by atoms with E-state index in [0.717, 1.165) is 63.6 Å². The van der Waals surface area contributed by atoms with Gasteiger partial charge in [-0.25, -0.2) is 0 Å². The van der Waals surface area contributed by atoms with Gasteiger partial charge in [-0.2, -0.15) is 0 Å². The summed E-state index contributed by atoms with van der Waals surface area (Å²) in [5.74, 6) is -0.761. The molecule has 0 spiro atoms. The van der Waals surface area contributed by atoms with E-state index in [1.165, 1.54) is 0 Å². The van der Waals surface area contributed by atoms with Crippen LogP contribution < -0.4 is 10.6 Å². The Hall–Kier alpha value is -1.79. The van der Waals surface area contributed by atoms with E-state index in [1.807, 2.05) is 17.0 Å². The minimum Gasteiger partial charge on any atom is -0.480 e. The Morgan fingerprint density at radius 1 is 1.00 bits per heavy atom. The predicted molar refractivity (Wildman–Crippen MR) is 108 cm³/mol. The van der Waals surface area contributed by atoms with Gasteiger partial charge in [-0.3, -0.25) is 9.69 Å². The molecule has 1 aromatic rings. The summed E-state index contributed by atoms with van der Waals surface area (Å²) in [5.41, 5.74) is 2.42. The summed E-state index contributed by atoms with van der Waals surface area (Å²) in [5, 5.41) is 16.2. The maximum atomic E-state index is 11.2. The molecule has 6 heteroatoms. The van der Waals surface area contributed by atoms with Gasteiger partial charge in [-0.05, 0) is 30.5 Å². The van der Waals surface area contributed by atoms with Crippen LogP contribution in [0.25, 0.3) is 0 Å². The van der Waals surface area contributed by atoms with Crippen molar-refractivity contribution in [2.75, 3.05) is 63.0 Å². The molecule has 1 aliphatic heterocycles. The van der Waals surface area contributed by atoms with Crippen molar-refractivity contribution >= 4 is 17.3 Å². The molecule has 1 heterocycles. The molecule has 0 amide bonds. The molecule has 26 heavy (non-hydrogen) atoms. The number of anilines is 2. The number of carboxylic acids is 1. The Morgan fingerprint density at radius 2 is 1.54 bits per heavy atom. The smallest absolute Gasteiger partial charge is 0.317 e. The second-order valence-corrected chi connectivity index (χ2v) is 8.26. The third kappa shape index (κ3) is 7.62. The molecule has 3 N–H and O–H groups in total. The average Bonchev–Trinajstić information content (AvgIpc) is 2.54. The third-order valence-corrected chi connectivity index (χ3v) is 4.42. The molecule has 0 fully saturated rings. The molecule has 2 rings (SSSR count). The average molecular weight is 363 g/mol. The molecule has 1 aliphatic rings. The van der Waals surface area contributed by atoms with Crippen molar-refractivity contribution in [3.8, 4) is 0 Å². The normalized spacial score (nSPS) is 18.4. The van der Waals surface area contributed by atoms with Crippen LogP contribution in [0.1, 0.15) is 27.2 Å². The number of hydrogen-bond donors (Lipinski definition) is 3. The molecule has 0 aliphatic carbocycles. The first kappa shape index (κ1) is 20.5. The summed E-state index contributed by atoms with van der Waals surface area (Å²) in [7, 11) is 0. The van der Waals surface area contributed by atoms with Crippen molar-refractivity contribution < 1.29 is 9.90 Å². The number of para-hydroxylation sites is 2. The fourth-order valence-electron chi connectivity index (χ4n) is 3.41. The quantitative estimate of drug-likeness (QED) is 0.768. The number of carboxylic acid groups (broad SMARTS) is 1. The molecule has 1 aromatic carbocycles. The van der Waals surface area contributed by atoms with Gasteiger partial charge in [0.15, 0.2) is 0 Å². The number of nitrogens with zero attached hydrogens (tertiary/aromatic N) is 2. The lowest BCUT2D eigenvalue weighted by atomic mass is 9.96. The van der Waals surface area contributed by atoms with E-state index < -0.39 is 5.97 Å². The van der Waals surface area contributed by atoms with E-state index in [9.17, 15) is 9.90 Å². The van der Waals surface area contributed by atoms with E-state index in [1.54, 1.807) is 0 Å². The Labute approximate surface area is 157 Å². The number of nitrogens with one attached hydrogen (secondary N) is 2. The Morgan fingerprint density at radius 3 is 2.08 bits per heavy atom. The summed E-state index contributed by atoms with van der Waals surface area (Å²) < 4.78 is 0. The highest BCUT2D eigenvalue weighted by atomic mass is 16.4. The minimum absolute atomic E-state index is 0.0981. The second kappa shape index (κ2) is 9.78. The van der Waals surface area contributed by atoms with Crippen molar-refractivity contribution in [2.24, 2.45) is 5.41 Å². The maximum Gasteiger partial charge on any atom is 0.317 e. The molecule has 0 unspecified atom stereocenters. The van der Waals surface area contributed by atoms with E-state index >= 15 is 0 Å². The number of carbonyl (C=O) groups is 1. The Kier molecular flexibility index (Phi) is 7.72. The van der Waals surface area contributed by atoms with Crippen LogP contribution >= 0.6 is 0 Å². The highest BCUT2D eigenvalue weighted by Crippen LogP contribution is 2.21. The SMILES string of the molecule is CC(C)(C)CN1CCCN(CC(=O)O)CCNc2ccccc2NCC1. The van der Waals surface area contributed by atoms with Crippen molar-refractivity contribution in [3.05, 3.63) is 24.3 Å². The first-order valence-electron chi connectivity index (χ1n) is 9.57. The largest absolute Gasteiger partial charge is 0.480 e. The number of hydrogen-bond acceptors (Lipinski definition) is 5. The Bertz CT molecular complexity index is 571. The van der Waals surface area contributed by atoms with Crippen LogP contribution in [0.3, 0.4) is 0 Å². The standard InChI is InChI=1S/C20H34N4O2/c1-20(2,3)16-24-12-6-11-23(15-19(25)26)13-9-21-17-7-4-5-8-18(17)22-10-14-24/h4-5,7-8,21-22H,6,9-16H2,1-3H3,(H,25,26). The fourth-order valence-corrected chi connectivity index (χ4v) is 3.41. The lowest BCUT2D eigenvalue weighted by Gasteiger charge is -2.30. The lowest BCUT2D eigenvalue weighted by Crippen LogP contribution is -2.39. The number of fused-ring (bicyclic) bond motifs is 1. The van der Waals surface area contributed by atoms with Crippen LogP contribution in [-0.2, 0) is 4.79 Å². The molecule has 146 valence electrons. The molecule has 0 aromatic heterocycles. The van der Waals surface area contributed by atoms with Crippen LogP contribution in [0, 0.1) is 5.41 Å². The van der Waals surface area contributed by atoms with Gasteiger partial charge >= 0.3 is 5.97 Å². The number of benzene rings is 1. The van der Waals surface area contributed by atoms with Gasteiger partial charge in [-0.1, -0.05) is 32.9 Å². The van der Waals surface area contributed by atoms with Crippen LogP contribution in [0.5, 0.6) is 0 Å². The summed E-state index contributed by atoms with van der Waals surface area (Å²) in [6.45, 7) is 13.0. The zero-order valence-corrected chi connectivity index (χ0v) is 16.4.